The molecule has 1 rings (SSSR count). The molecular formula is C15H22N2O4. The summed E-state index contributed by atoms with van der Waals surface area (Å²) in [6.45, 7) is 0.567. The van der Waals surface area contributed by atoms with Crippen molar-refractivity contribution in [2.24, 2.45) is 5.90 Å². The number of carbonyl (C=O) groups is 2. The summed E-state index contributed by atoms with van der Waals surface area (Å²) in [5.41, 5.74) is 0.290. The van der Waals surface area contributed by atoms with Gasteiger partial charge in [0, 0.05) is 13.0 Å². The van der Waals surface area contributed by atoms with Crippen LogP contribution in [0.3, 0.4) is 0 Å². The molecule has 0 atom stereocenters. The molecule has 0 saturated carbocycles. The molecule has 6 nitrogen and oxygen atoms in total. The molecule has 0 aromatic heterocycles. The van der Waals surface area contributed by atoms with E-state index in [1.165, 1.54) is 6.07 Å². The molecular weight excluding hydrogens is 272 g/mol. The standard InChI is InChI=1S/C15H22N2O4/c16-21-14(19)10-4-2-1-3-7-11-17-15(20)12-8-5-6-9-13(12)18/h5-6,8-9,18H,1-4,7,10-11,16H2,(H,17,20). The molecule has 0 unspecified atom stereocenters. The number of aromatic hydroxyl groups is 1. The van der Waals surface area contributed by atoms with Gasteiger partial charge in [-0.15, -0.1) is 0 Å². The van der Waals surface area contributed by atoms with Crippen LogP contribution >= 0.6 is 0 Å². The minimum atomic E-state index is -0.384. The number of hydrogen-bond donors (Lipinski definition) is 3. The van der Waals surface area contributed by atoms with E-state index in [0.717, 1.165) is 32.1 Å². The fourth-order valence-electron chi connectivity index (χ4n) is 1.95. The van der Waals surface area contributed by atoms with Gasteiger partial charge in [0.25, 0.3) is 5.91 Å². The van der Waals surface area contributed by atoms with Gasteiger partial charge in [-0.3, -0.25) is 9.59 Å². The lowest BCUT2D eigenvalue weighted by Gasteiger charge is -2.06. The lowest BCUT2D eigenvalue weighted by atomic mass is 10.1. The minimum absolute atomic E-state index is 0.0122. The van der Waals surface area contributed by atoms with Gasteiger partial charge < -0.3 is 15.3 Å². The van der Waals surface area contributed by atoms with Crippen LogP contribution in [0.5, 0.6) is 5.75 Å². The first-order valence-corrected chi connectivity index (χ1v) is 7.11. The van der Waals surface area contributed by atoms with Crippen LogP contribution in [0.1, 0.15) is 48.9 Å². The van der Waals surface area contributed by atoms with Gasteiger partial charge in [0.15, 0.2) is 0 Å². The van der Waals surface area contributed by atoms with Crippen molar-refractivity contribution in [2.75, 3.05) is 6.54 Å². The Kier molecular flexibility index (Phi) is 7.89. The average Bonchev–Trinajstić information content (AvgIpc) is 2.49. The molecule has 21 heavy (non-hydrogen) atoms. The molecule has 1 aromatic carbocycles. The third kappa shape index (κ3) is 6.76. The van der Waals surface area contributed by atoms with Crippen LogP contribution in [0.2, 0.25) is 0 Å². The van der Waals surface area contributed by atoms with Gasteiger partial charge in [-0.2, -0.15) is 5.90 Å². The number of rotatable bonds is 9. The number of phenols is 1. The molecule has 1 amide bonds. The first-order chi connectivity index (χ1) is 10.1. The van der Waals surface area contributed by atoms with Crippen molar-refractivity contribution in [3.05, 3.63) is 29.8 Å². The second kappa shape index (κ2) is 9.77. The Morgan fingerprint density at radius 3 is 2.48 bits per heavy atom. The van der Waals surface area contributed by atoms with E-state index in [0.29, 0.717) is 13.0 Å². The van der Waals surface area contributed by atoms with Crippen molar-refractivity contribution in [1.82, 2.24) is 5.32 Å². The zero-order valence-electron chi connectivity index (χ0n) is 12.0. The number of amides is 1. The highest BCUT2D eigenvalue weighted by molar-refractivity contribution is 5.96. The minimum Gasteiger partial charge on any atom is -0.507 e. The van der Waals surface area contributed by atoms with Gasteiger partial charge in [0.1, 0.15) is 5.75 Å². The summed E-state index contributed by atoms with van der Waals surface area (Å²) in [6, 6.07) is 6.45. The van der Waals surface area contributed by atoms with Crippen molar-refractivity contribution in [3.8, 4) is 5.75 Å². The number of unbranched alkanes of at least 4 members (excludes halogenated alkanes) is 4. The number of carbonyl (C=O) groups excluding carboxylic acids is 2. The Bertz CT molecular complexity index is 463. The molecule has 0 bridgehead atoms. The average molecular weight is 294 g/mol. The Hall–Kier alpha value is -2.08. The van der Waals surface area contributed by atoms with Crippen LogP contribution in [0, 0.1) is 0 Å². The number of nitrogens with one attached hydrogen (secondary N) is 1. The second-order valence-electron chi connectivity index (χ2n) is 4.78. The Morgan fingerprint density at radius 1 is 1.10 bits per heavy atom. The topological polar surface area (TPSA) is 102 Å². The molecule has 4 N–H and O–H groups in total. The molecule has 0 fully saturated rings. The predicted octanol–water partition coefficient (Wildman–Crippen LogP) is 1.88. The van der Waals surface area contributed by atoms with Gasteiger partial charge in [0.05, 0.1) is 5.56 Å². The number of hydrogen-bond acceptors (Lipinski definition) is 5. The first kappa shape index (κ1) is 17.0. The maximum absolute atomic E-state index is 11.8. The largest absolute Gasteiger partial charge is 0.507 e. The van der Waals surface area contributed by atoms with Crippen LogP contribution in [-0.2, 0) is 9.63 Å². The quantitative estimate of drug-likeness (QED) is 0.477. The van der Waals surface area contributed by atoms with Gasteiger partial charge in [0.2, 0.25) is 0 Å². The lowest BCUT2D eigenvalue weighted by Crippen LogP contribution is -2.24. The smallest absolute Gasteiger partial charge is 0.324 e. The summed E-state index contributed by atoms with van der Waals surface area (Å²) >= 11 is 0. The Morgan fingerprint density at radius 2 is 1.76 bits per heavy atom. The molecule has 0 aliphatic rings. The normalized spacial score (nSPS) is 10.1. The fourth-order valence-corrected chi connectivity index (χ4v) is 1.95. The maximum Gasteiger partial charge on any atom is 0.324 e. The van der Waals surface area contributed by atoms with Crippen LogP contribution in [-0.4, -0.2) is 23.5 Å². The van der Waals surface area contributed by atoms with Crippen molar-refractivity contribution >= 4 is 11.9 Å². The molecule has 0 saturated heterocycles. The zero-order valence-corrected chi connectivity index (χ0v) is 12.0. The van der Waals surface area contributed by atoms with Gasteiger partial charge >= 0.3 is 5.97 Å². The molecule has 1 aromatic rings. The molecule has 6 heteroatoms. The number of benzene rings is 1. The molecule has 116 valence electrons. The zero-order chi connectivity index (χ0) is 15.5. The second-order valence-corrected chi connectivity index (χ2v) is 4.78. The van der Waals surface area contributed by atoms with E-state index in [9.17, 15) is 14.7 Å². The Balaban J connectivity index is 2.06. The molecule has 0 heterocycles. The van der Waals surface area contributed by atoms with E-state index in [1.54, 1.807) is 18.2 Å². The van der Waals surface area contributed by atoms with E-state index < -0.39 is 0 Å². The van der Waals surface area contributed by atoms with Crippen LogP contribution in [0.4, 0.5) is 0 Å². The molecule has 0 aliphatic carbocycles. The highest BCUT2D eigenvalue weighted by Crippen LogP contribution is 2.15. The predicted molar refractivity (Wildman–Crippen MR) is 78.4 cm³/mol. The van der Waals surface area contributed by atoms with Crippen LogP contribution in [0.15, 0.2) is 24.3 Å². The summed E-state index contributed by atoms with van der Waals surface area (Å²) in [4.78, 5) is 26.6. The summed E-state index contributed by atoms with van der Waals surface area (Å²) in [5.74, 6) is 4.07. The third-order valence-electron chi connectivity index (χ3n) is 3.12. The summed E-state index contributed by atoms with van der Waals surface area (Å²) < 4.78 is 0. The highest BCUT2D eigenvalue weighted by atomic mass is 16.7. The van der Waals surface area contributed by atoms with Crippen molar-refractivity contribution in [2.45, 2.75) is 38.5 Å². The maximum atomic E-state index is 11.8. The third-order valence-corrected chi connectivity index (χ3v) is 3.12. The van der Waals surface area contributed by atoms with E-state index in [-0.39, 0.29) is 23.2 Å². The van der Waals surface area contributed by atoms with E-state index in [4.69, 9.17) is 5.90 Å². The molecule has 0 radical (unpaired) electrons. The number of nitrogens with two attached hydrogens (primary N) is 1. The number of para-hydroxylation sites is 1. The first-order valence-electron chi connectivity index (χ1n) is 7.11. The lowest BCUT2D eigenvalue weighted by molar-refractivity contribution is -0.144. The van der Waals surface area contributed by atoms with Gasteiger partial charge in [-0.05, 0) is 25.0 Å². The monoisotopic (exact) mass is 294 g/mol. The SMILES string of the molecule is NOC(=O)CCCCCCCNC(=O)c1ccccc1O. The van der Waals surface area contributed by atoms with Gasteiger partial charge in [-0.25, -0.2) is 0 Å². The molecule has 0 spiro atoms. The number of phenolic OH excluding ortho intramolecular Hbond substituents is 1. The van der Waals surface area contributed by atoms with Crippen molar-refractivity contribution < 1.29 is 19.5 Å². The van der Waals surface area contributed by atoms with E-state index >= 15 is 0 Å². The van der Waals surface area contributed by atoms with Crippen LogP contribution in [0.25, 0.3) is 0 Å². The van der Waals surface area contributed by atoms with E-state index in [1.807, 2.05) is 0 Å². The summed E-state index contributed by atoms with van der Waals surface area (Å²) in [5, 5.41) is 12.3. The van der Waals surface area contributed by atoms with Gasteiger partial charge in [-0.1, -0.05) is 31.4 Å². The summed E-state index contributed by atoms with van der Waals surface area (Å²) in [6.07, 6.45) is 4.87. The molecule has 0 aliphatic heterocycles. The van der Waals surface area contributed by atoms with Crippen LogP contribution < -0.4 is 11.2 Å². The highest BCUT2D eigenvalue weighted by Gasteiger charge is 2.08. The fraction of sp³-hybridized carbons (Fsp3) is 0.467. The Labute approximate surface area is 124 Å². The van der Waals surface area contributed by atoms with Crippen molar-refractivity contribution in [1.29, 1.82) is 0 Å². The van der Waals surface area contributed by atoms with E-state index in [2.05, 4.69) is 10.2 Å². The van der Waals surface area contributed by atoms with Crippen molar-refractivity contribution in [3.63, 3.8) is 0 Å². The summed E-state index contributed by atoms with van der Waals surface area (Å²) in [7, 11) is 0.